The molecular formula is C5H14Cl4N2Pt-2. The Kier molecular flexibility index (Phi) is 9.61. The third kappa shape index (κ3) is 22.6. The van der Waals surface area contributed by atoms with E-state index in [0.29, 0.717) is 13.1 Å². The second kappa shape index (κ2) is 7.11. The van der Waals surface area contributed by atoms with Gasteiger partial charge in [0.15, 0.2) is 0 Å². The van der Waals surface area contributed by atoms with Crippen LogP contribution in [0.1, 0.15) is 13.8 Å². The summed E-state index contributed by atoms with van der Waals surface area (Å²) < 4.78 is 0. The van der Waals surface area contributed by atoms with Crippen molar-refractivity contribution in [3.63, 3.8) is 0 Å². The minimum atomic E-state index is -3.06. The molecule has 0 aliphatic carbocycles. The summed E-state index contributed by atoms with van der Waals surface area (Å²) in [5.74, 6) is 0. The van der Waals surface area contributed by atoms with Crippen molar-refractivity contribution in [2.45, 2.75) is 13.8 Å². The molecule has 4 N–H and O–H groups in total. The molecule has 0 atom stereocenters. The zero-order chi connectivity index (χ0) is 10.4. The molecule has 0 aliphatic rings. The van der Waals surface area contributed by atoms with Crippen molar-refractivity contribution in [2.75, 3.05) is 13.1 Å². The van der Waals surface area contributed by atoms with Crippen molar-refractivity contribution in [1.29, 1.82) is 0 Å². The monoisotopic (exact) mass is 437 g/mol. The van der Waals surface area contributed by atoms with Crippen molar-refractivity contribution in [1.82, 2.24) is 0 Å². The Bertz CT molecular complexity index is 103. The van der Waals surface area contributed by atoms with Crippen molar-refractivity contribution in [2.24, 2.45) is 16.9 Å². The van der Waals surface area contributed by atoms with E-state index in [1.165, 1.54) is 0 Å². The van der Waals surface area contributed by atoms with Gasteiger partial charge < -0.3 is 11.5 Å². The molecule has 7 heteroatoms. The molecule has 0 radical (unpaired) electrons. The van der Waals surface area contributed by atoms with Crippen LogP contribution in [0.15, 0.2) is 0 Å². The Morgan fingerprint density at radius 1 is 1.00 bits per heavy atom. The second-order valence-electron chi connectivity index (χ2n) is 2.84. The van der Waals surface area contributed by atoms with Gasteiger partial charge in [-0.05, 0) is 18.5 Å². The second-order valence-corrected chi connectivity index (χ2v) is 22.5. The number of halogens is 4. The zero-order valence-electron chi connectivity index (χ0n) is 6.90. The Morgan fingerprint density at radius 3 is 1.17 bits per heavy atom. The van der Waals surface area contributed by atoms with Crippen LogP contribution in [0.4, 0.5) is 0 Å². The summed E-state index contributed by atoms with van der Waals surface area (Å²) in [5, 5.41) is 0. The summed E-state index contributed by atoms with van der Waals surface area (Å²) in [5.41, 5.74) is 10.8. The number of hydrogen-bond acceptors (Lipinski definition) is 2. The maximum absolute atomic E-state index is 5.34. The van der Waals surface area contributed by atoms with Crippen LogP contribution < -0.4 is 11.5 Å². The average Bonchev–Trinajstić information content (AvgIpc) is 1.85. The van der Waals surface area contributed by atoms with Crippen LogP contribution in [-0.2, 0) is 11.9 Å². The van der Waals surface area contributed by atoms with Crippen LogP contribution in [0.3, 0.4) is 0 Å². The number of rotatable bonds is 2. The molecule has 0 rings (SSSR count). The van der Waals surface area contributed by atoms with Gasteiger partial charge >= 0.3 is 49.6 Å². The molecule has 0 fully saturated rings. The van der Waals surface area contributed by atoms with Crippen LogP contribution in [0.2, 0.25) is 0 Å². The van der Waals surface area contributed by atoms with E-state index in [-0.39, 0.29) is 5.41 Å². The van der Waals surface area contributed by atoms with Crippen molar-refractivity contribution >= 4 is 37.7 Å². The number of nitrogens with two attached hydrogens (primary N) is 2. The van der Waals surface area contributed by atoms with Gasteiger partial charge in [0.25, 0.3) is 0 Å². The number of hydrogen-bond donors (Lipinski definition) is 2. The molecule has 0 bridgehead atoms. The van der Waals surface area contributed by atoms with Gasteiger partial charge in [-0.1, -0.05) is 13.8 Å². The Morgan fingerprint density at radius 2 is 1.17 bits per heavy atom. The molecule has 0 aromatic carbocycles. The van der Waals surface area contributed by atoms with Crippen molar-refractivity contribution in [3.05, 3.63) is 0 Å². The first kappa shape index (κ1) is 16.2. The molecule has 84 valence electrons. The summed E-state index contributed by atoms with van der Waals surface area (Å²) in [6, 6.07) is 0. The normalized spacial score (nSPS) is 13.3. The summed E-state index contributed by atoms with van der Waals surface area (Å²) in [6.45, 7) is 5.44. The first-order chi connectivity index (χ1) is 5.12. The van der Waals surface area contributed by atoms with Gasteiger partial charge in [-0.2, -0.15) is 0 Å². The molecule has 0 saturated carbocycles. The molecule has 0 unspecified atom stereocenters. The van der Waals surface area contributed by atoms with E-state index in [1.54, 1.807) is 0 Å². The zero-order valence-corrected chi connectivity index (χ0v) is 12.2. The van der Waals surface area contributed by atoms with E-state index < -0.39 is 11.9 Å². The van der Waals surface area contributed by atoms with Gasteiger partial charge in [0.05, 0.1) is 0 Å². The third-order valence-corrected chi connectivity index (χ3v) is 1.11. The Hall–Kier alpha value is 1.77. The molecule has 0 heterocycles. The molecule has 0 saturated heterocycles. The average molecular weight is 439 g/mol. The maximum atomic E-state index is 5.34. The van der Waals surface area contributed by atoms with Gasteiger partial charge in [0.2, 0.25) is 0 Å². The van der Waals surface area contributed by atoms with Gasteiger partial charge in [-0.3, -0.25) is 0 Å². The molecule has 2 nitrogen and oxygen atoms in total. The van der Waals surface area contributed by atoms with Crippen LogP contribution in [-0.4, -0.2) is 13.1 Å². The first-order valence-electron chi connectivity index (χ1n) is 3.00. The van der Waals surface area contributed by atoms with Gasteiger partial charge in [-0.25, -0.2) is 0 Å². The topological polar surface area (TPSA) is 52.0 Å². The Labute approximate surface area is 92.8 Å². The van der Waals surface area contributed by atoms with Crippen molar-refractivity contribution in [3.8, 4) is 0 Å². The molecule has 0 aromatic rings. The minimum absolute atomic E-state index is 0.139. The van der Waals surface area contributed by atoms with Crippen LogP contribution in [0, 0.1) is 5.41 Å². The quantitative estimate of drug-likeness (QED) is 0.696. The third-order valence-electron chi connectivity index (χ3n) is 1.11. The van der Waals surface area contributed by atoms with E-state index in [9.17, 15) is 0 Å². The predicted molar refractivity (Wildman–Crippen MR) is 55.3 cm³/mol. The molecule has 0 aliphatic heterocycles. The van der Waals surface area contributed by atoms with Gasteiger partial charge in [0.1, 0.15) is 0 Å². The SMILES string of the molecule is CC(C)(CN)CN.[Cl][Pt-2]([Cl])([Cl])[Cl]. The van der Waals surface area contributed by atoms with Gasteiger partial charge in [0, 0.05) is 0 Å². The van der Waals surface area contributed by atoms with E-state index >= 15 is 0 Å². The van der Waals surface area contributed by atoms with E-state index in [0.717, 1.165) is 0 Å². The molecule has 0 amide bonds. The Balaban J connectivity index is 0. The van der Waals surface area contributed by atoms with Crippen LogP contribution >= 0.6 is 37.7 Å². The van der Waals surface area contributed by atoms with Crippen LogP contribution in [0.5, 0.6) is 0 Å². The molecule has 0 spiro atoms. The fraction of sp³-hybridized carbons (Fsp3) is 1.00. The van der Waals surface area contributed by atoms with Crippen LogP contribution in [0.25, 0.3) is 0 Å². The van der Waals surface area contributed by atoms with Crippen molar-refractivity contribution < 1.29 is 11.9 Å². The summed E-state index contributed by atoms with van der Waals surface area (Å²) in [4.78, 5) is 0. The van der Waals surface area contributed by atoms with E-state index in [4.69, 9.17) is 49.1 Å². The molecular weight excluding hydrogens is 425 g/mol. The summed E-state index contributed by atoms with van der Waals surface area (Å²) >= 11 is -3.06. The first-order valence-corrected chi connectivity index (χ1v) is 14.3. The standard InChI is InChI=1S/C5H14N2.4ClH.Pt/c1-5(2,3-6)4-7;;;;;/h3-4,6-7H2,1-2H3;4*1H;/q;;;;;+2/p-4. The van der Waals surface area contributed by atoms with Gasteiger partial charge in [-0.15, -0.1) is 0 Å². The summed E-state index contributed by atoms with van der Waals surface area (Å²) in [7, 11) is 20.0. The van der Waals surface area contributed by atoms with E-state index in [2.05, 4.69) is 0 Å². The molecule has 12 heavy (non-hydrogen) atoms. The predicted octanol–water partition coefficient (Wildman–Crippen LogP) is 2.69. The summed E-state index contributed by atoms with van der Waals surface area (Å²) in [6.07, 6.45) is 0. The fourth-order valence-electron chi connectivity index (χ4n) is 0.0833. The molecule has 0 aromatic heterocycles. The van der Waals surface area contributed by atoms with E-state index in [1.807, 2.05) is 13.8 Å². The fourth-order valence-corrected chi connectivity index (χ4v) is 0.0833.